The van der Waals surface area contributed by atoms with Gasteiger partial charge in [-0.3, -0.25) is 0 Å². The molecule has 0 aliphatic heterocycles. The molecule has 2 aromatic carbocycles. The quantitative estimate of drug-likeness (QED) is 0.345. The number of methoxy groups -OCH3 is 1. The van der Waals surface area contributed by atoms with E-state index >= 15 is 0 Å². The summed E-state index contributed by atoms with van der Waals surface area (Å²) in [5.41, 5.74) is 5.51. The second-order valence-electron chi connectivity index (χ2n) is 7.31. The van der Waals surface area contributed by atoms with Gasteiger partial charge in [-0.1, -0.05) is 48.2 Å². The van der Waals surface area contributed by atoms with E-state index in [-0.39, 0.29) is 0 Å². The Hall–Kier alpha value is -2.57. The summed E-state index contributed by atoms with van der Waals surface area (Å²) in [4.78, 5) is 2.60. The van der Waals surface area contributed by atoms with Gasteiger partial charge >= 0.3 is 0 Å². The number of nitrogens with zero attached hydrogens (tertiary/aromatic N) is 3. The highest BCUT2D eigenvalue weighted by atomic mass is 32.2. The van der Waals surface area contributed by atoms with Crippen LogP contribution in [0.3, 0.4) is 0 Å². The van der Waals surface area contributed by atoms with Gasteiger partial charge in [0.15, 0.2) is 11.0 Å². The van der Waals surface area contributed by atoms with E-state index in [2.05, 4.69) is 64.2 Å². The fraction of sp³-hybridized carbons (Fsp3) is 0.250. The summed E-state index contributed by atoms with van der Waals surface area (Å²) >= 11 is 3.58. The van der Waals surface area contributed by atoms with Crippen molar-refractivity contribution in [1.82, 2.24) is 14.8 Å². The first-order valence-corrected chi connectivity index (χ1v) is 12.0. The average molecular weight is 434 g/mol. The van der Waals surface area contributed by atoms with Gasteiger partial charge in [-0.25, -0.2) is 0 Å². The summed E-state index contributed by atoms with van der Waals surface area (Å²) in [7, 11) is 1.69. The number of rotatable bonds is 6. The number of benzene rings is 2. The minimum absolute atomic E-state index is 0.854. The van der Waals surface area contributed by atoms with Crippen LogP contribution in [0.4, 0.5) is 0 Å². The second kappa shape index (κ2) is 8.28. The second-order valence-corrected chi connectivity index (χ2v) is 9.30. The number of thioether (sulfide) groups is 1. The maximum Gasteiger partial charge on any atom is 0.191 e. The van der Waals surface area contributed by atoms with Crippen LogP contribution in [-0.4, -0.2) is 21.9 Å². The molecule has 152 valence electrons. The van der Waals surface area contributed by atoms with Gasteiger partial charge < -0.3 is 9.30 Å². The van der Waals surface area contributed by atoms with Gasteiger partial charge in [0.05, 0.1) is 12.0 Å². The molecule has 4 aromatic rings. The van der Waals surface area contributed by atoms with Gasteiger partial charge in [-0.15, -0.1) is 21.5 Å². The molecule has 0 unspecified atom stereocenters. The van der Waals surface area contributed by atoms with Crippen LogP contribution in [0.25, 0.3) is 21.1 Å². The largest absolute Gasteiger partial charge is 0.497 e. The lowest BCUT2D eigenvalue weighted by Crippen LogP contribution is -2.00. The van der Waals surface area contributed by atoms with Gasteiger partial charge in [0, 0.05) is 17.2 Å². The van der Waals surface area contributed by atoms with Crippen molar-refractivity contribution in [3.8, 4) is 26.9 Å². The molecule has 0 N–H and O–H groups in total. The highest BCUT2D eigenvalue weighted by Crippen LogP contribution is 2.43. The summed E-state index contributed by atoms with van der Waals surface area (Å²) in [6, 6.07) is 19.3. The van der Waals surface area contributed by atoms with E-state index in [9.17, 15) is 0 Å². The molecule has 0 amide bonds. The Morgan fingerprint density at radius 1 is 1.03 bits per heavy atom. The number of hydrogen-bond donors (Lipinski definition) is 0. The van der Waals surface area contributed by atoms with Crippen LogP contribution in [0.2, 0.25) is 0 Å². The molecule has 0 radical (unpaired) electrons. The van der Waals surface area contributed by atoms with E-state index in [0.29, 0.717) is 0 Å². The van der Waals surface area contributed by atoms with Crippen LogP contribution in [0.1, 0.15) is 23.6 Å². The van der Waals surface area contributed by atoms with Crippen LogP contribution in [0.15, 0.2) is 59.8 Å². The van der Waals surface area contributed by atoms with Crippen molar-refractivity contribution in [2.24, 2.45) is 0 Å². The van der Waals surface area contributed by atoms with Crippen molar-refractivity contribution >= 4 is 23.1 Å². The summed E-state index contributed by atoms with van der Waals surface area (Å²) < 4.78 is 7.48. The Labute approximate surface area is 184 Å². The molecule has 0 atom stereocenters. The number of aryl methyl sites for hydroxylation is 2. The Morgan fingerprint density at radius 2 is 1.83 bits per heavy atom. The predicted octanol–water partition coefficient (Wildman–Crippen LogP) is 6.09. The third kappa shape index (κ3) is 3.55. The maximum atomic E-state index is 5.25. The van der Waals surface area contributed by atoms with Crippen molar-refractivity contribution in [2.45, 2.75) is 37.2 Å². The van der Waals surface area contributed by atoms with Crippen LogP contribution in [0, 0.1) is 0 Å². The first kappa shape index (κ1) is 19.4. The summed E-state index contributed by atoms with van der Waals surface area (Å²) in [6.07, 6.45) is 2.21. The number of ether oxygens (including phenoxy) is 1. The zero-order chi connectivity index (χ0) is 20.5. The van der Waals surface area contributed by atoms with Crippen LogP contribution in [-0.2, 0) is 25.1 Å². The van der Waals surface area contributed by atoms with Crippen molar-refractivity contribution < 1.29 is 4.74 Å². The zero-order valence-corrected chi connectivity index (χ0v) is 18.7. The van der Waals surface area contributed by atoms with Gasteiger partial charge in [0.2, 0.25) is 0 Å². The highest BCUT2D eigenvalue weighted by Gasteiger charge is 2.22. The van der Waals surface area contributed by atoms with Gasteiger partial charge in [-0.05, 0) is 60.2 Å². The third-order valence-electron chi connectivity index (χ3n) is 5.52. The molecular formula is C24H23N3OS2. The predicted molar refractivity (Wildman–Crippen MR) is 124 cm³/mol. The monoisotopic (exact) mass is 433 g/mol. The van der Waals surface area contributed by atoms with E-state index in [1.807, 2.05) is 23.5 Å². The highest BCUT2D eigenvalue weighted by molar-refractivity contribution is 7.98. The smallest absolute Gasteiger partial charge is 0.191 e. The molecule has 2 aromatic heterocycles. The average Bonchev–Trinajstić information content (AvgIpc) is 3.41. The molecule has 0 fully saturated rings. The van der Waals surface area contributed by atoms with Gasteiger partial charge in [0.1, 0.15) is 5.75 Å². The number of aromatic nitrogens is 3. The van der Waals surface area contributed by atoms with Crippen LogP contribution < -0.4 is 4.74 Å². The minimum atomic E-state index is 0.854. The van der Waals surface area contributed by atoms with Gasteiger partial charge in [0.25, 0.3) is 0 Å². The Morgan fingerprint density at radius 3 is 2.63 bits per heavy atom. The van der Waals surface area contributed by atoms with Crippen molar-refractivity contribution in [2.75, 3.05) is 7.11 Å². The maximum absolute atomic E-state index is 5.25. The normalized spacial score (nSPS) is 12.5. The molecule has 0 spiro atoms. The molecule has 6 heteroatoms. The third-order valence-corrected chi connectivity index (χ3v) is 7.76. The minimum Gasteiger partial charge on any atom is -0.497 e. The van der Waals surface area contributed by atoms with E-state index in [1.54, 1.807) is 18.9 Å². The molecule has 1 aliphatic carbocycles. The molecule has 0 saturated heterocycles. The lowest BCUT2D eigenvalue weighted by atomic mass is 9.91. The molecule has 2 heterocycles. The van der Waals surface area contributed by atoms with Crippen LogP contribution in [0.5, 0.6) is 5.75 Å². The van der Waals surface area contributed by atoms with E-state index in [4.69, 9.17) is 4.74 Å². The first-order valence-electron chi connectivity index (χ1n) is 10.2. The standard InChI is InChI=1S/C24H23N3OS2/c1-3-27-23(25-26-24(27)29-15-16-8-12-19(28-2)13-9-16)21-14-18-11-10-17-6-4-5-7-20(17)22(18)30-21/h4-9,12-14H,3,10-11,15H2,1-2H3. The summed E-state index contributed by atoms with van der Waals surface area (Å²) in [5.74, 6) is 2.72. The van der Waals surface area contributed by atoms with E-state index in [1.165, 1.54) is 32.0 Å². The molecule has 1 aliphatic rings. The molecule has 0 saturated carbocycles. The summed E-state index contributed by atoms with van der Waals surface area (Å²) in [6.45, 7) is 3.01. The molecule has 0 bridgehead atoms. The number of hydrogen-bond acceptors (Lipinski definition) is 5. The molecule has 4 nitrogen and oxygen atoms in total. The molecule has 5 rings (SSSR count). The zero-order valence-electron chi connectivity index (χ0n) is 17.1. The number of thiophene rings is 1. The summed E-state index contributed by atoms with van der Waals surface area (Å²) in [5, 5.41) is 10.1. The Balaban J connectivity index is 1.41. The fourth-order valence-corrected chi connectivity index (χ4v) is 6.14. The lowest BCUT2D eigenvalue weighted by Gasteiger charge is -2.15. The lowest BCUT2D eigenvalue weighted by molar-refractivity contribution is 0.414. The topological polar surface area (TPSA) is 39.9 Å². The molecular weight excluding hydrogens is 410 g/mol. The van der Waals surface area contributed by atoms with Crippen molar-refractivity contribution in [1.29, 1.82) is 0 Å². The van der Waals surface area contributed by atoms with Gasteiger partial charge in [-0.2, -0.15) is 0 Å². The number of fused-ring (bicyclic) bond motifs is 3. The van der Waals surface area contributed by atoms with Crippen LogP contribution >= 0.6 is 23.1 Å². The van der Waals surface area contributed by atoms with Crippen molar-refractivity contribution in [3.05, 3.63) is 71.3 Å². The SMILES string of the molecule is CCn1c(SCc2ccc(OC)cc2)nnc1-c1cc2c(s1)-c1ccccc1CC2. The van der Waals surface area contributed by atoms with E-state index < -0.39 is 0 Å². The molecule has 30 heavy (non-hydrogen) atoms. The van der Waals surface area contributed by atoms with Crippen molar-refractivity contribution in [3.63, 3.8) is 0 Å². The Bertz CT molecular complexity index is 1180. The fourth-order valence-electron chi connectivity index (χ4n) is 3.91. The van der Waals surface area contributed by atoms with E-state index in [0.717, 1.165) is 41.9 Å². The Kier molecular flexibility index (Phi) is 5.35. The first-order chi connectivity index (χ1) is 14.8.